The van der Waals surface area contributed by atoms with Crippen LogP contribution in [0.2, 0.25) is 0 Å². The smallest absolute Gasteiger partial charge is 0.268 e. The number of carbonyl (C=O) groups excluding carboxylic acids is 2. The minimum absolute atomic E-state index is 0.0848. The highest BCUT2D eigenvalue weighted by Gasteiger charge is 2.42. The molecule has 0 radical (unpaired) electrons. The molecule has 0 N–H and O–H groups in total. The number of amides is 2. The third-order valence-corrected chi connectivity index (χ3v) is 6.36. The molecule has 1 aromatic heterocycles. The molecule has 0 bridgehead atoms. The van der Waals surface area contributed by atoms with Crippen LogP contribution in [0.25, 0.3) is 0 Å². The zero-order valence-electron chi connectivity index (χ0n) is 17.0. The molecule has 2 aliphatic heterocycles. The average Bonchev–Trinajstić information content (AvgIpc) is 3.34. The van der Waals surface area contributed by atoms with Crippen molar-refractivity contribution in [2.75, 3.05) is 17.7 Å². The van der Waals surface area contributed by atoms with Crippen molar-refractivity contribution >= 4 is 29.3 Å². The molecule has 1 fully saturated rings. The van der Waals surface area contributed by atoms with Crippen molar-refractivity contribution in [3.05, 3.63) is 30.1 Å². The maximum absolute atomic E-state index is 13.5. The highest BCUT2D eigenvalue weighted by atomic mass is 32.2. The van der Waals surface area contributed by atoms with Crippen LogP contribution in [0.4, 0.5) is 5.69 Å². The standard InChI is InChI=1S/C20H25N5O3S/c1-12(25-14-8-5-6-10-16(14)28-13(2)19(25)27)18(26)24-11-7-9-15(24)17-21-22-20(29-4)23(17)3/h5-6,8,10,12-13,15H,7,9,11H2,1-4H3/t12-,13-,15+/m1/s1. The lowest BCUT2D eigenvalue weighted by atomic mass is 10.1. The van der Waals surface area contributed by atoms with Crippen molar-refractivity contribution in [3.8, 4) is 5.75 Å². The van der Waals surface area contributed by atoms with Gasteiger partial charge in [0.05, 0.1) is 11.7 Å². The molecule has 9 heteroatoms. The van der Waals surface area contributed by atoms with E-state index >= 15 is 0 Å². The number of nitrogens with zero attached hydrogens (tertiary/aromatic N) is 5. The minimum atomic E-state index is -0.635. The van der Waals surface area contributed by atoms with E-state index in [0.717, 1.165) is 23.8 Å². The maximum Gasteiger partial charge on any atom is 0.268 e. The molecular weight excluding hydrogens is 390 g/mol. The van der Waals surface area contributed by atoms with E-state index in [1.165, 1.54) is 11.8 Å². The molecule has 2 amide bonds. The molecule has 4 rings (SSSR count). The van der Waals surface area contributed by atoms with Gasteiger partial charge in [-0.1, -0.05) is 23.9 Å². The molecule has 3 atom stereocenters. The Kier molecular flexibility index (Phi) is 5.24. The Balaban J connectivity index is 1.63. The number of aromatic nitrogens is 3. The summed E-state index contributed by atoms with van der Waals surface area (Å²) in [7, 11) is 1.93. The summed E-state index contributed by atoms with van der Waals surface area (Å²) in [5, 5.41) is 9.37. The number of benzene rings is 1. The van der Waals surface area contributed by atoms with E-state index in [1.54, 1.807) is 18.7 Å². The van der Waals surface area contributed by atoms with Crippen molar-refractivity contribution in [2.24, 2.45) is 7.05 Å². The van der Waals surface area contributed by atoms with Gasteiger partial charge in [0, 0.05) is 13.6 Å². The Morgan fingerprint density at radius 1 is 1.31 bits per heavy atom. The summed E-state index contributed by atoms with van der Waals surface area (Å²) >= 11 is 1.53. The zero-order chi connectivity index (χ0) is 20.7. The van der Waals surface area contributed by atoms with Crippen molar-refractivity contribution in [1.82, 2.24) is 19.7 Å². The van der Waals surface area contributed by atoms with Crippen LogP contribution in [-0.2, 0) is 16.6 Å². The Labute approximate surface area is 174 Å². The fourth-order valence-corrected chi connectivity index (χ4v) is 4.64. The van der Waals surface area contributed by atoms with E-state index in [2.05, 4.69) is 10.2 Å². The molecule has 3 heterocycles. The Bertz CT molecular complexity index is 946. The summed E-state index contributed by atoms with van der Waals surface area (Å²) in [5.74, 6) is 1.12. The van der Waals surface area contributed by atoms with Crippen LogP contribution >= 0.6 is 11.8 Å². The lowest BCUT2D eigenvalue weighted by molar-refractivity contribution is -0.136. The lowest BCUT2D eigenvalue weighted by Gasteiger charge is -2.38. The molecule has 2 aliphatic rings. The first kappa shape index (κ1) is 19.8. The monoisotopic (exact) mass is 415 g/mol. The van der Waals surface area contributed by atoms with Gasteiger partial charge in [-0.2, -0.15) is 0 Å². The normalized spacial score (nSPS) is 22.4. The van der Waals surface area contributed by atoms with Gasteiger partial charge in [0.15, 0.2) is 17.1 Å². The number of fused-ring (bicyclic) bond motifs is 1. The first-order valence-electron chi connectivity index (χ1n) is 9.76. The second-order valence-corrected chi connectivity index (χ2v) is 8.18. The molecule has 8 nitrogen and oxygen atoms in total. The molecule has 0 aliphatic carbocycles. The van der Waals surface area contributed by atoms with E-state index in [-0.39, 0.29) is 17.9 Å². The molecule has 0 saturated carbocycles. The van der Waals surface area contributed by atoms with Gasteiger partial charge in [0.1, 0.15) is 11.8 Å². The van der Waals surface area contributed by atoms with Gasteiger partial charge in [-0.25, -0.2) is 0 Å². The van der Waals surface area contributed by atoms with Gasteiger partial charge >= 0.3 is 0 Å². The second-order valence-electron chi connectivity index (χ2n) is 7.41. The molecule has 2 aromatic rings. The zero-order valence-corrected chi connectivity index (χ0v) is 17.8. The SMILES string of the molecule is CSc1nnc([C@@H]2CCCN2C(=O)[C@@H](C)N2C(=O)[C@@H](C)Oc3ccccc32)n1C. The van der Waals surface area contributed by atoms with Gasteiger partial charge in [-0.05, 0) is 45.1 Å². The highest BCUT2D eigenvalue weighted by Crippen LogP contribution is 2.37. The molecule has 29 heavy (non-hydrogen) atoms. The van der Waals surface area contributed by atoms with Crippen LogP contribution in [-0.4, -0.2) is 56.4 Å². The van der Waals surface area contributed by atoms with Crippen LogP contribution in [0.1, 0.15) is 38.6 Å². The van der Waals surface area contributed by atoms with Gasteiger partial charge in [-0.15, -0.1) is 10.2 Å². The Morgan fingerprint density at radius 3 is 2.79 bits per heavy atom. The van der Waals surface area contributed by atoms with Crippen LogP contribution in [0.15, 0.2) is 29.4 Å². The number of hydrogen-bond donors (Lipinski definition) is 0. The largest absolute Gasteiger partial charge is 0.479 e. The minimum Gasteiger partial charge on any atom is -0.479 e. The number of likely N-dealkylation sites (tertiary alicyclic amines) is 1. The van der Waals surface area contributed by atoms with Crippen molar-refractivity contribution in [2.45, 2.75) is 50.0 Å². The second kappa shape index (κ2) is 7.70. The van der Waals surface area contributed by atoms with Gasteiger partial charge < -0.3 is 14.2 Å². The fourth-order valence-electron chi connectivity index (χ4n) is 4.15. The van der Waals surface area contributed by atoms with Crippen molar-refractivity contribution < 1.29 is 14.3 Å². The van der Waals surface area contributed by atoms with E-state index in [0.29, 0.717) is 18.0 Å². The average molecular weight is 416 g/mol. The third kappa shape index (κ3) is 3.27. The lowest BCUT2D eigenvalue weighted by Crippen LogP contribution is -2.54. The summed E-state index contributed by atoms with van der Waals surface area (Å²) in [4.78, 5) is 29.8. The van der Waals surface area contributed by atoms with E-state index < -0.39 is 12.1 Å². The Hall–Kier alpha value is -2.55. The van der Waals surface area contributed by atoms with Gasteiger partial charge in [0.2, 0.25) is 5.91 Å². The quantitative estimate of drug-likeness (QED) is 0.714. The summed E-state index contributed by atoms with van der Waals surface area (Å²) in [6, 6.07) is 6.58. The number of anilines is 1. The molecule has 0 spiro atoms. The number of hydrogen-bond acceptors (Lipinski definition) is 6. The third-order valence-electron chi connectivity index (χ3n) is 5.64. The number of thioether (sulfide) groups is 1. The van der Waals surface area contributed by atoms with E-state index in [4.69, 9.17) is 4.74 Å². The van der Waals surface area contributed by atoms with Gasteiger partial charge in [0.25, 0.3) is 5.91 Å². The summed E-state index contributed by atoms with van der Waals surface area (Å²) in [6.07, 6.45) is 3.06. The first-order chi connectivity index (χ1) is 13.9. The maximum atomic E-state index is 13.5. The summed E-state index contributed by atoms with van der Waals surface area (Å²) in [5.41, 5.74) is 0.635. The van der Waals surface area contributed by atoms with Crippen LogP contribution in [0.3, 0.4) is 0 Å². The van der Waals surface area contributed by atoms with Crippen LogP contribution in [0, 0.1) is 0 Å². The summed E-state index contributed by atoms with van der Waals surface area (Å²) in [6.45, 7) is 4.14. The number of ether oxygens (including phenoxy) is 1. The van der Waals surface area contributed by atoms with Crippen LogP contribution in [0.5, 0.6) is 5.75 Å². The van der Waals surface area contributed by atoms with E-state index in [9.17, 15) is 9.59 Å². The molecule has 1 aromatic carbocycles. The van der Waals surface area contributed by atoms with Crippen molar-refractivity contribution in [3.63, 3.8) is 0 Å². The molecule has 0 unspecified atom stereocenters. The Morgan fingerprint density at radius 2 is 2.07 bits per heavy atom. The van der Waals surface area contributed by atoms with Gasteiger partial charge in [-0.3, -0.25) is 14.5 Å². The fraction of sp³-hybridized carbons (Fsp3) is 0.500. The van der Waals surface area contributed by atoms with E-state index in [1.807, 2.05) is 47.0 Å². The topological polar surface area (TPSA) is 80.6 Å². The molecule has 154 valence electrons. The first-order valence-corrected chi connectivity index (χ1v) is 11.0. The molecule has 1 saturated heterocycles. The van der Waals surface area contributed by atoms with Crippen LogP contribution < -0.4 is 9.64 Å². The summed E-state index contributed by atoms with van der Waals surface area (Å²) < 4.78 is 7.66. The van der Waals surface area contributed by atoms with Crippen molar-refractivity contribution in [1.29, 1.82) is 0 Å². The molecular formula is C20H25N5O3S. The number of para-hydroxylation sites is 2. The predicted octanol–water partition coefficient (Wildman–Crippen LogP) is 2.40. The highest BCUT2D eigenvalue weighted by molar-refractivity contribution is 7.98. The predicted molar refractivity (Wildman–Crippen MR) is 110 cm³/mol. The number of carbonyl (C=O) groups is 2. The number of rotatable bonds is 4.